The van der Waals surface area contributed by atoms with Gasteiger partial charge in [-0.15, -0.1) is 0 Å². The third-order valence-electron chi connectivity index (χ3n) is 4.01. The summed E-state index contributed by atoms with van der Waals surface area (Å²) in [6.45, 7) is 7.98. The van der Waals surface area contributed by atoms with Crippen molar-refractivity contribution < 1.29 is 4.74 Å². The standard InChI is InChI=1S/C12H24N2O/c1-3-10-4-5-14(6-10)7-11-8-15-9-12(11)13-2/h10-13H,3-9H2,1-2H3. The highest BCUT2D eigenvalue weighted by molar-refractivity contribution is 4.85. The van der Waals surface area contributed by atoms with Crippen molar-refractivity contribution in [2.45, 2.75) is 25.8 Å². The number of rotatable bonds is 4. The SMILES string of the molecule is CCC1CCN(CC2COCC2NC)C1. The first kappa shape index (κ1) is 11.4. The topological polar surface area (TPSA) is 24.5 Å². The van der Waals surface area contributed by atoms with E-state index in [2.05, 4.69) is 17.1 Å². The molecule has 0 aromatic heterocycles. The third kappa shape index (κ3) is 2.71. The molecule has 0 amide bonds. The van der Waals surface area contributed by atoms with Gasteiger partial charge in [0.25, 0.3) is 0 Å². The van der Waals surface area contributed by atoms with Gasteiger partial charge in [-0.25, -0.2) is 0 Å². The lowest BCUT2D eigenvalue weighted by Gasteiger charge is -2.23. The largest absolute Gasteiger partial charge is 0.379 e. The Kier molecular flexibility index (Phi) is 4.00. The van der Waals surface area contributed by atoms with Gasteiger partial charge in [-0.3, -0.25) is 0 Å². The molecule has 2 rings (SSSR count). The van der Waals surface area contributed by atoms with E-state index in [-0.39, 0.29) is 0 Å². The summed E-state index contributed by atoms with van der Waals surface area (Å²) in [5.41, 5.74) is 0. The molecule has 3 atom stereocenters. The van der Waals surface area contributed by atoms with Crippen LogP contribution < -0.4 is 5.32 Å². The number of hydrogen-bond acceptors (Lipinski definition) is 3. The normalized spacial score (nSPS) is 37.6. The van der Waals surface area contributed by atoms with Crippen molar-refractivity contribution in [2.24, 2.45) is 11.8 Å². The summed E-state index contributed by atoms with van der Waals surface area (Å²) >= 11 is 0. The Labute approximate surface area is 93.2 Å². The Hall–Kier alpha value is -0.120. The van der Waals surface area contributed by atoms with Crippen LogP contribution in [0.5, 0.6) is 0 Å². The molecular formula is C12H24N2O. The van der Waals surface area contributed by atoms with Gasteiger partial charge in [-0.1, -0.05) is 13.3 Å². The Morgan fingerprint density at radius 1 is 1.40 bits per heavy atom. The molecule has 88 valence electrons. The number of hydrogen-bond donors (Lipinski definition) is 1. The lowest BCUT2D eigenvalue weighted by Crippen LogP contribution is -2.39. The van der Waals surface area contributed by atoms with Gasteiger partial charge in [0.15, 0.2) is 0 Å². The van der Waals surface area contributed by atoms with Gasteiger partial charge >= 0.3 is 0 Å². The van der Waals surface area contributed by atoms with Gasteiger partial charge in [0.2, 0.25) is 0 Å². The first-order valence-electron chi connectivity index (χ1n) is 6.30. The van der Waals surface area contributed by atoms with E-state index in [1.54, 1.807) is 0 Å². The zero-order valence-electron chi connectivity index (χ0n) is 10.0. The van der Waals surface area contributed by atoms with Crippen LogP contribution in [0.1, 0.15) is 19.8 Å². The Morgan fingerprint density at radius 2 is 2.27 bits per heavy atom. The van der Waals surface area contributed by atoms with Crippen LogP contribution in [0.25, 0.3) is 0 Å². The highest BCUT2D eigenvalue weighted by atomic mass is 16.5. The Bertz CT molecular complexity index is 198. The highest BCUT2D eigenvalue weighted by Gasteiger charge is 2.30. The molecule has 2 fully saturated rings. The van der Waals surface area contributed by atoms with Crippen LogP contribution >= 0.6 is 0 Å². The third-order valence-corrected chi connectivity index (χ3v) is 4.01. The first-order chi connectivity index (χ1) is 7.33. The summed E-state index contributed by atoms with van der Waals surface area (Å²) in [4.78, 5) is 2.62. The van der Waals surface area contributed by atoms with E-state index in [0.29, 0.717) is 12.0 Å². The monoisotopic (exact) mass is 212 g/mol. The van der Waals surface area contributed by atoms with E-state index in [1.165, 1.54) is 32.5 Å². The van der Waals surface area contributed by atoms with Crippen molar-refractivity contribution in [3.8, 4) is 0 Å². The molecule has 2 heterocycles. The molecule has 3 nitrogen and oxygen atoms in total. The number of ether oxygens (including phenoxy) is 1. The fourth-order valence-corrected chi connectivity index (χ4v) is 2.84. The Balaban J connectivity index is 1.77. The van der Waals surface area contributed by atoms with Crippen LogP contribution in [-0.4, -0.2) is 50.8 Å². The molecule has 1 N–H and O–H groups in total. The van der Waals surface area contributed by atoms with Crippen molar-refractivity contribution in [1.82, 2.24) is 10.2 Å². The first-order valence-corrected chi connectivity index (χ1v) is 6.30. The van der Waals surface area contributed by atoms with E-state index < -0.39 is 0 Å². The quantitative estimate of drug-likeness (QED) is 0.751. The Morgan fingerprint density at radius 3 is 2.93 bits per heavy atom. The molecule has 3 unspecified atom stereocenters. The predicted molar refractivity (Wildman–Crippen MR) is 62.0 cm³/mol. The highest BCUT2D eigenvalue weighted by Crippen LogP contribution is 2.22. The summed E-state index contributed by atoms with van der Waals surface area (Å²) in [6, 6.07) is 0.575. The van der Waals surface area contributed by atoms with E-state index in [4.69, 9.17) is 4.74 Å². The number of likely N-dealkylation sites (N-methyl/N-ethyl adjacent to an activating group) is 1. The van der Waals surface area contributed by atoms with Gasteiger partial charge in [-0.05, 0) is 25.9 Å². The average molecular weight is 212 g/mol. The molecular weight excluding hydrogens is 188 g/mol. The molecule has 3 heteroatoms. The molecule has 0 aromatic carbocycles. The average Bonchev–Trinajstić information content (AvgIpc) is 2.87. The lowest BCUT2D eigenvalue weighted by molar-refractivity contribution is 0.172. The summed E-state index contributed by atoms with van der Waals surface area (Å²) in [6.07, 6.45) is 2.74. The minimum Gasteiger partial charge on any atom is -0.379 e. The number of nitrogens with one attached hydrogen (secondary N) is 1. The number of likely N-dealkylation sites (tertiary alicyclic amines) is 1. The van der Waals surface area contributed by atoms with Crippen LogP contribution in [0.3, 0.4) is 0 Å². The van der Waals surface area contributed by atoms with Crippen LogP contribution in [-0.2, 0) is 4.74 Å². The van der Waals surface area contributed by atoms with Crippen molar-refractivity contribution >= 4 is 0 Å². The molecule has 0 aliphatic carbocycles. The molecule has 2 saturated heterocycles. The van der Waals surface area contributed by atoms with Crippen molar-refractivity contribution in [3.63, 3.8) is 0 Å². The maximum atomic E-state index is 5.53. The zero-order chi connectivity index (χ0) is 10.7. The summed E-state index contributed by atoms with van der Waals surface area (Å²) in [5, 5.41) is 3.36. The van der Waals surface area contributed by atoms with Crippen molar-refractivity contribution in [2.75, 3.05) is 39.9 Å². The van der Waals surface area contributed by atoms with Gasteiger partial charge in [-0.2, -0.15) is 0 Å². The molecule has 2 aliphatic heterocycles. The number of nitrogens with zero attached hydrogens (tertiary/aromatic N) is 1. The van der Waals surface area contributed by atoms with E-state index in [0.717, 1.165) is 19.1 Å². The minimum absolute atomic E-state index is 0.575. The molecule has 15 heavy (non-hydrogen) atoms. The maximum absolute atomic E-state index is 5.53. The van der Waals surface area contributed by atoms with Crippen LogP contribution in [0.15, 0.2) is 0 Å². The predicted octanol–water partition coefficient (Wildman–Crippen LogP) is 0.953. The molecule has 2 aliphatic rings. The van der Waals surface area contributed by atoms with Crippen molar-refractivity contribution in [1.29, 1.82) is 0 Å². The lowest BCUT2D eigenvalue weighted by atomic mass is 10.0. The van der Waals surface area contributed by atoms with E-state index >= 15 is 0 Å². The van der Waals surface area contributed by atoms with E-state index in [9.17, 15) is 0 Å². The molecule has 0 bridgehead atoms. The summed E-state index contributed by atoms with van der Waals surface area (Å²) in [5.74, 6) is 1.64. The second-order valence-corrected chi connectivity index (χ2v) is 5.02. The van der Waals surface area contributed by atoms with Gasteiger partial charge < -0.3 is 15.0 Å². The summed E-state index contributed by atoms with van der Waals surface area (Å²) < 4.78 is 5.53. The molecule has 0 spiro atoms. The second kappa shape index (κ2) is 5.28. The molecule has 0 radical (unpaired) electrons. The van der Waals surface area contributed by atoms with Crippen molar-refractivity contribution in [3.05, 3.63) is 0 Å². The van der Waals surface area contributed by atoms with E-state index in [1.807, 2.05) is 7.05 Å². The zero-order valence-corrected chi connectivity index (χ0v) is 10.0. The smallest absolute Gasteiger partial charge is 0.0623 e. The van der Waals surface area contributed by atoms with Crippen LogP contribution in [0.2, 0.25) is 0 Å². The van der Waals surface area contributed by atoms with Gasteiger partial charge in [0, 0.05) is 25.0 Å². The fraction of sp³-hybridized carbons (Fsp3) is 1.00. The molecule has 0 saturated carbocycles. The second-order valence-electron chi connectivity index (χ2n) is 5.02. The summed E-state index contributed by atoms with van der Waals surface area (Å²) in [7, 11) is 2.05. The molecule has 0 aromatic rings. The maximum Gasteiger partial charge on any atom is 0.0623 e. The van der Waals surface area contributed by atoms with Gasteiger partial charge in [0.1, 0.15) is 0 Å². The van der Waals surface area contributed by atoms with Crippen LogP contribution in [0, 0.1) is 11.8 Å². The fourth-order valence-electron chi connectivity index (χ4n) is 2.84. The minimum atomic E-state index is 0.575. The van der Waals surface area contributed by atoms with Crippen LogP contribution in [0.4, 0.5) is 0 Å². The van der Waals surface area contributed by atoms with Gasteiger partial charge in [0.05, 0.1) is 13.2 Å².